The van der Waals surface area contributed by atoms with Crippen LogP contribution in [-0.4, -0.2) is 99.6 Å². The fourth-order valence-corrected chi connectivity index (χ4v) is 10.5. The highest BCUT2D eigenvalue weighted by Crippen LogP contribution is 2.26. The Morgan fingerprint density at radius 3 is 1.25 bits per heavy atom. The molecule has 1 rings (SSSR count). The van der Waals surface area contributed by atoms with Crippen molar-refractivity contribution in [1.82, 2.24) is 5.32 Å². The fraction of sp³-hybridized carbons (Fsp3) is 0.714. The van der Waals surface area contributed by atoms with Gasteiger partial charge in [0.15, 0.2) is 12.4 Å². The van der Waals surface area contributed by atoms with Gasteiger partial charge in [-0.1, -0.05) is 290 Å². The zero-order chi connectivity index (χ0) is 63.9. The third-order valence-electron chi connectivity index (χ3n) is 16.1. The van der Waals surface area contributed by atoms with Crippen LogP contribution in [0.5, 0.6) is 0 Å². The highest BCUT2D eigenvalue weighted by atomic mass is 16.7. The Balaban J connectivity index is 2.60. The smallest absolute Gasteiger partial charge is 0.306 e. The van der Waals surface area contributed by atoms with Crippen LogP contribution < -0.4 is 5.32 Å². The van der Waals surface area contributed by atoms with Gasteiger partial charge in [-0.3, -0.25) is 9.59 Å². The molecule has 1 fully saturated rings. The normalized spacial score (nSPS) is 18.9. The van der Waals surface area contributed by atoms with Crippen molar-refractivity contribution in [2.24, 2.45) is 0 Å². The molecule has 11 heteroatoms. The average molecular weight is 1230 g/mol. The maximum absolute atomic E-state index is 13.5. The minimum absolute atomic E-state index is 0.112. The molecule has 504 valence electrons. The molecular weight excluding hydrogens is 1100 g/mol. The van der Waals surface area contributed by atoms with E-state index >= 15 is 0 Å². The van der Waals surface area contributed by atoms with Crippen LogP contribution in [0.3, 0.4) is 0 Å². The maximum atomic E-state index is 13.5. The van der Waals surface area contributed by atoms with E-state index in [1.807, 2.05) is 6.08 Å². The van der Waals surface area contributed by atoms with Crippen molar-refractivity contribution >= 4 is 11.9 Å². The predicted octanol–water partition coefficient (Wildman–Crippen LogP) is 18.6. The molecule has 1 amide bonds. The van der Waals surface area contributed by atoms with Gasteiger partial charge in [-0.05, 0) is 116 Å². The zero-order valence-electron chi connectivity index (χ0n) is 56.1. The Hall–Kier alpha value is -3.94. The van der Waals surface area contributed by atoms with Crippen molar-refractivity contribution in [2.75, 3.05) is 13.2 Å². The number of unbranched alkanes of at least 4 members (excludes halogenated alkanes) is 28. The van der Waals surface area contributed by atoms with E-state index in [4.69, 9.17) is 14.2 Å². The number of ether oxygens (including phenoxy) is 3. The number of carbonyl (C=O) groups excluding carboxylic acids is 2. The second-order valence-corrected chi connectivity index (χ2v) is 24.2. The monoisotopic (exact) mass is 1230 g/mol. The van der Waals surface area contributed by atoms with Crippen molar-refractivity contribution in [3.8, 4) is 0 Å². The number of allylic oxidation sites excluding steroid dienone is 19. The van der Waals surface area contributed by atoms with Gasteiger partial charge in [0.05, 0.1) is 25.4 Å². The van der Waals surface area contributed by atoms with Gasteiger partial charge in [0.2, 0.25) is 5.91 Å². The minimum Gasteiger partial charge on any atom is -0.454 e. The second kappa shape index (κ2) is 63.2. The van der Waals surface area contributed by atoms with Gasteiger partial charge >= 0.3 is 5.97 Å². The quantitative estimate of drug-likeness (QED) is 0.0195. The topological polar surface area (TPSA) is 175 Å². The lowest BCUT2D eigenvalue weighted by Crippen LogP contribution is -2.61. The number of amides is 1. The van der Waals surface area contributed by atoms with E-state index in [0.29, 0.717) is 12.8 Å². The van der Waals surface area contributed by atoms with Crippen molar-refractivity contribution < 1.29 is 49.3 Å². The van der Waals surface area contributed by atoms with Crippen molar-refractivity contribution in [3.63, 3.8) is 0 Å². The molecule has 11 nitrogen and oxygen atoms in total. The summed E-state index contributed by atoms with van der Waals surface area (Å²) in [6, 6.07) is -1.05. The Labute approximate surface area is 538 Å². The number of aliphatic hydroxyl groups excluding tert-OH is 5. The van der Waals surface area contributed by atoms with Crippen LogP contribution in [0.4, 0.5) is 0 Å². The van der Waals surface area contributed by atoms with E-state index in [-0.39, 0.29) is 19.4 Å². The van der Waals surface area contributed by atoms with Gasteiger partial charge in [0, 0.05) is 6.42 Å². The first-order chi connectivity index (χ1) is 43.2. The predicted molar refractivity (Wildman–Crippen MR) is 370 cm³/mol. The van der Waals surface area contributed by atoms with Gasteiger partial charge in [-0.2, -0.15) is 0 Å². The van der Waals surface area contributed by atoms with Crippen molar-refractivity contribution in [1.29, 1.82) is 0 Å². The van der Waals surface area contributed by atoms with Crippen LogP contribution >= 0.6 is 0 Å². The van der Waals surface area contributed by atoms with Crippen molar-refractivity contribution in [3.05, 3.63) is 122 Å². The lowest BCUT2D eigenvalue weighted by molar-refractivity contribution is -0.305. The number of carbonyl (C=O) groups is 2. The molecule has 0 spiro atoms. The molecular formula is C77H131NO10. The van der Waals surface area contributed by atoms with E-state index in [9.17, 15) is 35.1 Å². The molecule has 0 aromatic heterocycles. The third-order valence-corrected chi connectivity index (χ3v) is 16.1. The summed E-state index contributed by atoms with van der Waals surface area (Å²) < 4.78 is 17.7. The van der Waals surface area contributed by atoms with Crippen LogP contribution in [-0.2, 0) is 23.8 Å². The van der Waals surface area contributed by atoms with E-state index in [1.54, 1.807) is 6.08 Å². The Bertz CT molecular complexity index is 1900. The molecule has 8 atom stereocenters. The molecule has 0 radical (unpaired) electrons. The highest BCUT2D eigenvalue weighted by Gasteiger charge is 2.47. The summed E-state index contributed by atoms with van der Waals surface area (Å²) >= 11 is 0. The summed E-state index contributed by atoms with van der Waals surface area (Å²) in [6.45, 7) is 5.65. The Morgan fingerprint density at radius 2 is 0.818 bits per heavy atom. The summed E-state index contributed by atoms with van der Waals surface area (Å²) in [4.78, 5) is 26.7. The summed E-state index contributed by atoms with van der Waals surface area (Å²) in [5, 5.41) is 57.2. The lowest BCUT2D eigenvalue weighted by atomic mass is 9.99. The van der Waals surface area contributed by atoms with Crippen LogP contribution in [0.25, 0.3) is 0 Å². The van der Waals surface area contributed by atoms with Crippen LogP contribution in [0.1, 0.15) is 290 Å². The number of nitrogens with one attached hydrogen (secondary N) is 1. The summed E-state index contributed by atoms with van der Waals surface area (Å²) in [7, 11) is 0. The minimum atomic E-state index is -1.63. The van der Waals surface area contributed by atoms with Gasteiger partial charge in [-0.15, -0.1) is 0 Å². The van der Waals surface area contributed by atoms with Gasteiger partial charge in [0.25, 0.3) is 0 Å². The van der Waals surface area contributed by atoms with Gasteiger partial charge < -0.3 is 45.1 Å². The third kappa shape index (κ3) is 49.8. The first-order valence-electron chi connectivity index (χ1n) is 35.8. The molecule has 6 N–H and O–H groups in total. The van der Waals surface area contributed by atoms with Gasteiger partial charge in [-0.25, -0.2) is 0 Å². The summed E-state index contributed by atoms with van der Waals surface area (Å²) in [5.74, 6) is -1.23. The van der Waals surface area contributed by atoms with E-state index in [0.717, 1.165) is 122 Å². The molecule has 0 aromatic rings. The molecule has 88 heavy (non-hydrogen) atoms. The zero-order valence-corrected chi connectivity index (χ0v) is 56.1. The molecule has 0 aromatic carbocycles. The van der Waals surface area contributed by atoms with Gasteiger partial charge in [0.1, 0.15) is 24.4 Å². The molecule has 0 aliphatic carbocycles. The van der Waals surface area contributed by atoms with E-state index < -0.39 is 67.4 Å². The number of hydrogen-bond donors (Lipinski definition) is 6. The fourth-order valence-electron chi connectivity index (χ4n) is 10.5. The molecule has 1 aliphatic rings. The molecule has 1 aliphatic heterocycles. The number of esters is 1. The Kier molecular flexibility index (Phi) is 59.0. The van der Waals surface area contributed by atoms with Crippen LogP contribution in [0.15, 0.2) is 122 Å². The first-order valence-corrected chi connectivity index (χ1v) is 35.8. The molecule has 8 unspecified atom stereocenters. The van der Waals surface area contributed by atoms with E-state index in [1.165, 1.54) is 122 Å². The molecule has 1 heterocycles. The maximum Gasteiger partial charge on any atom is 0.306 e. The SMILES string of the molecule is CC/C=C\C/C=C\C/C=C\C/C=C\C/C=C\C/C=C\CCCCCC(O)C(=O)NC(COC1OC(CO)C(O)C(O)C1OC(=O)CCCCCCCCCCCCCC/C=C\C/C=C\C/C=C\CCCCC)C(O)/C=C/CCCCCCCCCCCC. The molecule has 1 saturated heterocycles. The van der Waals surface area contributed by atoms with Crippen LogP contribution in [0.2, 0.25) is 0 Å². The molecule has 0 bridgehead atoms. The largest absolute Gasteiger partial charge is 0.454 e. The number of aliphatic hydroxyl groups is 5. The number of hydrogen-bond acceptors (Lipinski definition) is 10. The van der Waals surface area contributed by atoms with E-state index in [2.05, 4.69) is 135 Å². The molecule has 0 saturated carbocycles. The Morgan fingerprint density at radius 1 is 0.455 bits per heavy atom. The highest BCUT2D eigenvalue weighted by molar-refractivity contribution is 5.80. The first kappa shape index (κ1) is 82.1. The summed E-state index contributed by atoms with van der Waals surface area (Å²) in [6.07, 6.45) is 78.0. The second-order valence-electron chi connectivity index (χ2n) is 24.2. The average Bonchev–Trinajstić information content (AvgIpc) is 2.54. The summed E-state index contributed by atoms with van der Waals surface area (Å²) in [5.41, 5.74) is 0. The number of rotatable bonds is 60. The van der Waals surface area contributed by atoms with Crippen LogP contribution in [0, 0.1) is 0 Å². The standard InChI is InChI=1S/C77H131NO10/c1-4-7-10-13-16-19-22-25-27-29-31-33-35-36-37-39-41-43-45-47-50-53-56-59-62-65-72(82)88-75-74(84)73(83)71(66-79)87-77(75)86-67-68(69(80)63-60-57-54-51-48-24-21-18-15-12-9-6-3)78-76(85)70(81)64-61-58-55-52-49-46-44-42-40-38-34-32-30-28-26-23-20-17-14-11-8-5-2/h8,11,16-17,19-20,25-28,31-34,40,42,46,49,60,63,68-71,73-75,77,79-81,83-84H,4-7,9-10,12-15,18,21-24,29-30,35-39,41,43-45,47-48,50-59,61-62,64-67H2,1-3H3,(H,78,85)/b11-8-,19-16-,20-17-,27-25-,28-26-,33-31-,34-32-,42-40-,49-46-,63-60+. The van der Waals surface area contributed by atoms with Crippen molar-refractivity contribution in [2.45, 2.75) is 339 Å². The lowest BCUT2D eigenvalue weighted by Gasteiger charge is -2.41.